The SMILES string of the molecule is CNC(=O)c1c(OCc2ccccc2)c(=O)cc(CN(c2ccc(C)cc2)S(=O)[O-])n1C. The average Bonchev–Trinajstić information content (AvgIpc) is 2.79. The third-order valence-corrected chi connectivity index (χ3v) is 5.68. The molecule has 0 aliphatic carbocycles. The van der Waals surface area contributed by atoms with Gasteiger partial charge in [0.2, 0.25) is 5.43 Å². The van der Waals surface area contributed by atoms with Gasteiger partial charge in [-0.15, -0.1) is 0 Å². The number of amides is 1. The van der Waals surface area contributed by atoms with E-state index in [9.17, 15) is 18.4 Å². The van der Waals surface area contributed by atoms with Gasteiger partial charge in [0.25, 0.3) is 5.91 Å². The zero-order valence-corrected chi connectivity index (χ0v) is 18.8. The van der Waals surface area contributed by atoms with Crippen molar-refractivity contribution in [1.29, 1.82) is 0 Å². The first kappa shape index (κ1) is 23.2. The number of nitrogens with one attached hydrogen (secondary N) is 1. The summed E-state index contributed by atoms with van der Waals surface area (Å²) in [6.45, 7) is 1.88. The van der Waals surface area contributed by atoms with Crippen molar-refractivity contribution in [2.24, 2.45) is 7.05 Å². The van der Waals surface area contributed by atoms with Gasteiger partial charge in [-0.25, -0.2) is 0 Å². The van der Waals surface area contributed by atoms with E-state index in [2.05, 4.69) is 5.32 Å². The van der Waals surface area contributed by atoms with Crippen LogP contribution in [0.4, 0.5) is 5.69 Å². The molecule has 1 heterocycles. The predicted octanol–water partition coefficient (Wildman–Crippen LogP) is 2.43. The van der Waals surface area contributed by atoms with Crippen LogP contribution < -0.4 is 19.8 Å². The first-order valence-corrected chi connectivity index (χ1v) is 10.9. The molecule has 3 aromatic rings. The molecule has 0 bridgehead atoms. The van der Waals surface area contributed by atoms with Gasteiger partial charge in [-0.1, -0.05) is 48.0 Å². The molecule has 0 saturated carbocycles. The van der Waals surface area contributed by atoms with E-state index in [0.717, 1.165) is 15.4 Å². The van der Waals surface area contributed by atoms with Crippen molar-refractivity contribution in [2.75, 3.05) is 11.4 Å². The Morgan fingerprint density at radius 2 is 1.81 bits per heavy atom. The molecule has 9 heteroatoms. The Morgan fingerprint density at radius 1 is 1.16 bits per heavy atom. The zero-order chi connectivity index (χ0) is 23.3. The standard InChI is InChI=1S/C23H25N3O5S/c1-16-9-11-18(12-10-16)26(32(29)30)14-19-13-20(27)22(21(25(19)3)23(28)24-2)31-15-17-7-5-4-6-8-17/h4-13H,14-15H2,1-3H3,(H,24,28)(H,29,30)/p-1. The Labute approximate surface area is 188 Å². The fourth-order valence-corrected chi connectivity index (χ4v) is 3.74. The largest absolute Gasteiger partial charge is 0.755 e. The summed E-state index contributed by atoms with van der Waals surface area (Å²) in [6, 6.07) is 17.5. The maximum absolute atomic E-state index is 12.9. The number of carbonyl (C=O) groups is 1. The highest BCUT2D eigenvalue weighted by atomic mass is 32.2. The lowest BCUT2D eigenvalue weighted by molar-refractivity contribution is 0.0948. The van der Waals surface area contributed by atoms with E-state index in [0.29, 0.717) is 11.4 Å². The van der Waals surface area contributed by atoms with Crippen LogP contribution in [-0.4, -0.2) is 26.3 Å². The molecule has 1 N–H and O–H groups in total. The number of aryl methyl sites for hydroxylation is 1. The molecule has 1 aromatic heterocycles. The maximum Gasteiger partial charge on any atom is 0.271 e. The van der Waals surface area contributed by atoms with Gasteiger partial charge in [0.1, 0.15) is 6.61 Å². The number of hydrogen-bond acceptors (Lipinski definition) is 5. The number of carbonyl (C=O) groups excluding carboxylic acids is 1. The average molecular weight is 455 g/mol. The molecule has 2 aromatic carbocycles. The number of benzene rings is 2. The van der Waals surface area contributed by atoms with Gasteiger partial charge in [0.15, 0.2) is 11.4 Å². The summed E-state index contributed by atoms with van der Waals surface area (Å²) < 4.78 is 32.2. The number of anilines is 1. The molecule has 0 radical (unpaired) electrons. The minimum atomic E-state index is -2.59. The van der Waals surface area contributed by atoms with Crippen LogP contribution in [-0.2, 0) is 31.5 Å². The summed E-state index contributed by atoms with van der Waals surface area (Å²) >= 11 is -2.59. The Morgan fingerprint density at radius 3 is 2.41 bits per heavy atom. The van der Waals surface area contributed by atoms with Crippen LogP contribution in [0.25, 0.3) is 0 Å². The molecule has 0 saturated heterocycles. The van der Waals surface area contributed by atoms with Crippen molar-refractivity contribution >= 4 is 22.9 Å². The zero-order valence-electron chi connectivity index (χ0n) is 18.0. The van der Waals surface area contributed by atoms with Crippen molar-refractivity contribution in [3.8, 4) is 5.75 Å². The van der Waals surface area contributed by atoms with Crippen LogP contribution in [0.1, 0.15) is 27.3 Å². The van der Waals surface area contributed by atoms with E-state index in [1.165, 1.54) is 17.7 Å². The Hall–Kier alpha value is -3.43. The number of ether oxygens (including phenoxy) is 1. The van der Waals surface area contributed by atoms with Crippen molar-refractivity contribution < 1.29 is 18.3 Å². The van der Waals surface area contributed by atoms with E-state index in [-0.39, 0.29) is 24.6 Å². The summed E-state index contributed by atoms with van der Waals surface area (Å²) in [4.78, 5) is 25.5. The van der Waals surface area contributed by atoms with E-state index in [1.54, 1.807) is 31.3 Å². The summed E-state index contributed by atoms with van der Waals surface area (Å²) in [5.41, 5.74) is 2.13. The van der Waals surface area contributed by atoms with Crippen LogP contribution in [0.2, 0.25) is 0 Å². The molecule has 1 atom stereocenters. The lowest BCUT2D eigenvalue weighted by atomic mass is 10.2. The van der Waals surface area contributed by atoms with E-state index in [4.69, 9.17) is 4.74 Å². The Kier molecular flexibility index (Phi) is 7.45. The number of rotatable bonds is 8. The Bertz CT molecular complexity index is 1180. The van der Waals surface area contributed by atoms with Crippen molar-refractivity contribution in [3.05, 3.63) is 93.4 Å². The van der Waals surface area contributed by atoms with E-state index in [1.807, 2.05) is 37.3 Å². The molecular weight excluding hydrogens is 430 g/mol. The van der Waals surface area contributed by atoms with Crippen LogP contribution in [0.3, 0.4) is 0 Å². The Balaban J connectivity index is 2.00. The number of aromatic nitrogens is 1. The van der Waals surface area contributed by atoms with Gasteiger partial charge in [-0.05, 0) is 24.6 Å². The molecule has 0 fully saturated rings. The molecule has 0 spiro atoms. The molecule has 1 amide bonds. The second-order valence-corrected chi connectivity index (χ2v) is 8.05. The maximum atomic E-state index is 12.9. The van der Waals surface area contributed by atoms with E-state index >= 15 is 0 Å². The molecule has 8 nitrogen and oxygen atoms in total. The summed E-state index contributed by atoms with van der Waals surface area (Å²) in [6.07, 6.45) is 0. The van der Waals surface area contributed by atoms with Gasteiger partial charge in [-0.2, -0.15) is 0 Å². The van der Waals surface area contributed by atoms with Gasteiger partial charge >= 0.3 is 0 Å². The van der Waals surface area contributed by atoms with Gasteiger partial charge in [-0.3, -0.25) is 18.1 Å². The fraction of sp³-hybridized carbons (Fsp3) is 0.217. The molecule has 0 aliphatic heterocycles. The normalized spacial score (nSPS) is 11.6. The molecule has 1 unspecified atom stereocenters. The second kappa shape index (κ2) is 10.3. The van der Waals surface area contributed by atoms with Gasteiger partial charge < -0.3 is 19.2 Å². The highest BCUT2D eigenvalue weighted by molar-refractivity contribution is 7.80. The van der Waals surface area contributed by atoms with E-state index < -0.39 is 22.6 Å². The third kappa shape index (κ3) is 5.24. The van der Waals surface area contributed by atoms with Gasteiger partial charge in [0.05, 0.1) is 6.54 Å². The fourth-order valence-electron chi connectivity index (χ4n) is 3.21. The quantitative estimate of drug-likeness (QED) is 0.527. The summed E-state index contributed by atoms with van der Waals surface area (Å²) in [7, 11) is 3.04. The molecular formula is C23H24N3O5S-. The molecule has 0 aliphatic rings. The minimum absolute atomic E-state index is 0.0199. The highest BCUT2D eigenvalue weighted by Gasteiger charge is 2.22. The lowest BCUT2D eigenvalue weighted by Gasteiger charge is -2.28. The monoisotopic (exact) mass is 454 g/mol. The predicted molar refractivity (Wildman–Crippen MR) is 122 cm³/mol. The van der Waals surface area contributed by atoms with Crippen LogP contribution in [0.5, 0.6) is 5.75 Å². The summed E-state index contributed by atoms with van der Waals surface area (Å²) in [5.74, 6) is -0.607. The third-order valence-electron chi connectivity index (χ3n) is 4.98. The highest BCUT2D eigenvalue weighted by Crippen LogP contribution is 2.22. The van der Waals surface area contributed by atoms with Crippen molar-refractivity contribution in [2.45, 2.75) is 20.1 Å². The van der Waals surface area contributed by atoms with Crippen molar-refractivity contribution in [1.82, 2.24) is 9.88 Å². The number of pyridine rings is 1. The molecule has 3 rings (SSSR count). The number of nitrogens with zero attached hydrogens (tertiary/aromatic N) is 2. The minimum Gasteiger partial charge on any atom is -0.755 e. The smallest absolute Gasteiger partial charge is 0.271 e. The van der Waals surface area contributed by atoms with Gasteiger partial charge in [0, 0.05) is 42.8 Å². The lowest BCUT2D eigenvalue weighted by Crippen LogP contribution is -2.32. The van der Waals surface area contributed by atoms with Crippen molar-refractivity contribution in [3.63, 3.8) is 0 Å². The molecule has 32 heavy (non-hydrogen) atoms. The first-order valence-electron chi connectivity index (χ1n) is 9.87. The van der Waals surface area contributed by atoms with Crippen LogP contribution in [0, 0.1) is 6.92 Å². The number of hydrogen-bond donors (Lipinski definition) is 1. The first-order chi connectivity index (χ1) is 15.3. The van der Waals surface area contributed by atoms with Crippen LogP contribution >= 0.6 is 0 Å². The second-order valence-electron chi connectivity index (χ2n) is 7.18. The molecule has 168 valence electrons. The topological polar surface area (TPSA) is 104 Å². The van der Waals surface area contributed by atoms with Crippen LogP contribution in [0.15, 0.2) is 65.5 Å². The summed E-state index contributed by atoms with van der Waals surface area (Å²) in [5, 5.41) is 2.52.